The van der Waals surface area contributed by atoms with E-state index in [9.17, 15) is 9.90 Å². The lowest BCUT2D eigenvalue weighted by Gasteiger charge is -2.57. The van der Waals surface area contributed by atoms with Crippen molar-refractivity contribution in [3.05, 3.63) is 83.5 Å². The second-order valence-corrected chi connectivity index (χ2v) is 15.9. The Kier molecular flexibility index (Phi) is 8.40. The van der Waals surface area contributed by atoms with Gasteiger partial charge in [0.2, 0.25) is 0 Å². The Morgan fingerprint density at radius 3 is 1.17 bits per heavy atom. The van der Waals surface area contributed by atoms with Gasteiger partial charge in [0.15, 0.2) is 14.7 Å². The highest BCUT2D eigenvalue weighted by Crippen LogP contribution is 2.59. The lowest BCUT2D eigenvalue weighted by atomic mass is 9.49. The van der Waals surface area contributed by atoms with Gasteiger partial charge in [-0.2, -0.15) is 0 Å². The van der Waals surface area contributed by atoms with Crippen molar-refractivity contribution in [1.82, 2.24) is 0 Å². The van der Waals surface area contributed by atoms with Gasteiger partial charge in [-0.25, -0.2) is 0 Å². The van der Waals surface area contributed by atoms with Gasteiger partial charge in [-0.1, -0.05) is 0 Å². The smallest absolute Gasteiger partial charge is 0.166 e. The van der Waals surface area contributed by atoms with Gasteiger partial charge in [0.1, 0.15) is 0 Å². The Morgan fingerprint density at radius 1 is 0.629 bits per heavy atom. The molecule has 0 aromatic heterocycles. The van der Waals surface area contributed by atoms with Gasteiger partial charge in [0, 0.05) is 22.1 Å². The number of hydrogen-bond donors (Lipinski definition) is 0. The molecule has 2 nitrogen and oxygen atoms in total. The Labute approximate surface area is 251 Å². The first-order chi connectivity index (χ1) is 16.8. The molecule has 0 aliphatic heterocycles. The van der Waals surface area contributed by atoms with Crippen LogP contribution in [0.15, 0.2) is 87.5 Å². The number of aliphatic carboxylic acids is 1. The number of benzene rings is 3. The quantitative estimate of drug-likeness (QED) is 0.202. The molecule has 3 aromatic carbocycles. The van der Waals surface area contributed by atoms with E-state index in [1.54, 1.807) is 0 Å². The average molecular weight is 820 g/mol. The molecule has 0 radical (unpaired) electrons. The zero-order chi connectivity index (χ0) is 24.6. The zero-order valence-electron chi connectivity index (χ0n) is 19.3. The number of carbonyl (C=O) groups is 1. The van der Waals surface area contributed by atoms with E-state index in [-0.39, 0.29) is 10.9 Å². The lowest BCUT2D eigenvalue weighted by Crippen LogP contribution is -2.54. The molecule has 4 bridgehead atoms. The SMILES string of the molecule is Ic1ccc([S+](c2ccc(I)cc2)c2ccc(I)cc2)cc1.O=C([O-])C12CC3CC(CC(C3)C1)C2. The maximum absolute atomic E-state index is 11.1. The maximum Gasteiger partial charge on any atom is 0.166 e. The molecule has 4 aliphatic carbocycles. The molecule has 7 rings (SSSR count). The van der Waals surface area contributed by atoms with E-state index in [1.807, 2.05) is 0 Å². The molecular formula is C29H27I3O2S. The molecule has 3 aromatic rings. The third-order valence-corrected chi connectivity index (χ3v) is 12.0. The molecule has 0 atom stereocenters. The first kappa shape index (κ1) is 26.3. The summed E-state index contributed by atoms with van der Waals surface area (Å²) in [7, 11) is -0.0494. The van der Waals surface area contributed by atoms with Crippen LogP contribution in [0.25, 0.3) is 0 Å². The summed E-state index contributed by atoms with van der Waals surface area (Å²) in [6.07, 6.45) is 6.65. The van der Waals surface area contributed by atoms with Crippen LogP contribution in [0.4, 0.5) is 0 Å². The number of carbonyl (C=O) groups excluding carboxylic acids is 1. The van der Waals surface area contributed by atoms with Crippen molar-refractivity contribution < 1.29 is 9.90 Å². The molecular weight excluding hydrogens is 793 g/mol. The summed E-state index contributed by atoms with van der Waals surface area (Å²) in [5.74, 6) is 1.38. The van der Waals surface area contributed by atoms with Crippen LogP contribution >= 0.6 is 67.8 Å². The highest BCUT2D eigenvalue weighted by Gasteiger charge is 2.51. The second-order valence-electron chi connectivity index (χ2n) is 10.2. The normalized spacial score (nSPS) is 26.3. The van der Waals surface area contributed by atoms with Crippen molar-refractivity contribution in [3.8, 4) is 0 Å². The van der Waals surface area contributed by atoms with Gasteiger partial charge in [-0.3, -0.25) is 0 Å². The van der Waals surface area contributed by atoms with Crippen LogP contribution in [-0.4, -0.2) is 5.97 Å². The van der Waals surface area contributed by atoms with Gasteiger partial charge in [-0.15, -0.1) is 0 Å². The highest BCUT2D eigenvalue weighted by atomic mass is 127. The van der Waals surface area contributed by atoms with E-state index in [0.29, 0.717) is 17.8 Å². The van der Waals surface area contributed by atoms with Crippen LogP contribution < -0.4 is 5.11 Å². The van der Waals surface area contributed by atoms with E-state index in [4.69, 9.17) is 0 Å². The summed E-state index contributed by atoms with van der Waals surface area (Å²) in [5.41, 5.74) is -0.394. The number of carboxylic acids is 1. The number of halogens is 3. The second kappa shape index (κ2) is 11.2. The summed E-state index contributed by atoms with van der Waals surface area (Å²) in [5, 5.41) is 11.1. The fourth-order valence-corrected chi connectivity index (χ4v) is 9.60. The molecule has 6 heteroatoms. The van der Waals surface area contributed by atoms with E-state index in [2.05, 4.69) is 141 Å². The van der Waals surface area contributed by atoms with Crippen molar-refractivity contribution in [2.75, 3.05) is 0 Å². The lowest BCUT2D eigenvalue weighted by molar-refractivity contribution is -0.327. The predicted molar refractivity (Wildman–Crippen MR) is 165 cm³/mol. The van der Waals surface area contributed by atoms with Crippen LogP contribution in [0.1, 0.15) is 38.5 Å². The van der Waals surface area contributed by atoms with Crippen molar-refractivity contribution >= 4 is 84.6 Å². The van der Waals surface area contributed by atoms with E-state index in [1.165, 1.54) is 44.7 Å². The Bertz CT molecular complexity index is 1030. The van der Waals surface area contributed by atoms with Gasteiger partial charge >= 0.3 is 0 Å². The number of hydrogen-bond acceptors (Lipinski definition) is 2. The Morgan fingerprint density at radius 2 is 0.914 bits per heavy atom. The molecule has 0 amide bonds. The van der Waals surface area contributed by atoms with Gasteiger partial charge in [0.25, 0.3) is 0 Å². The molecule has 0 N–H and O–H groups in total. The molecule has 182 valence electrons. The summed E-state index contributed by atoms with van der Waals surface area (Å²) >= 11 is 7.08. The monoisotopic (exact) mass is 820 g/mol. The number of carboxylic acid groups (broad SMARTS) is 1. The van der Waals surface area contributed by atoms with Crippen molar-refractivity contribution in [1.29, 1.82) is 0 Å². The van der Waals surface area contributed by atoms with E-state index in [0.717, 1.165) is 19.3 Å². The predicted octanol–water partition coefficient (Wildman–Crippen LogP) is 7.55. The zero-order valence-corrected chi connectivity index (χ0v) is 26.6. The van der Waals surface area contributed by atoms with Gasteiger partial charge < -0.3 is 9.90 Å². The molecule has 0 saturated heterocycles. The van der Waals surface area contributed by atoms with Crippen LogP contribution in [0.3, 0.4) is 0 Å². The van der Waals surface area contributed by atoms with Gasteiger partial charge in [-0.05, 0) is 197 Å². The van der Waals surface area contributed by atoms with Crippen LogP contribution in [-0.2, 0) is 15.7 Å². The Hall–Kier alpha value is -0.330. The summed E-state index contributed by atoms with van der Waals surface area (Å²) in [6, 6.07) is 26.6. The first-order valence-corrected chi connectivity index (χ1v) is 16.5. The summed E-state index contributed by atoms with van der Waals surface area (Å²) < 4.78 is 3.82. The minimum Gasteiger partial charge on any atom is -0.550 e. The molecule has 0 heterocycles. The van der Waals surface area contributed by atoms with Crippen molar-refractivity contribution in [3.63, 3.8) is 0 Å². The average Bonchev–Trinajstić information content (AvgIpc) is 2.82. The van der Waals surface area contributed by atoms with E-state index < -0.39 is 11.4 Å². The Balaban J connectivity index is 0.000000164. The molecule has 0 spiro atoms. The third kappa shape index (κ3) is 6.06. The van der Waals surface area contributed by atoms with Crippen LogP contribution in [0.2, 0.25) is 0 Å². The minimum atomic E-state index is -0.758. The first-order valence-electron chi connectivity index (χ1n) is 12.0. The van der Waals surface area contributed by atoms with Crippen LogP contribution in [0, 0.1) is 33.9 Å². The van der Waals surface area contributed by atoms with Crippen molar-refractivity contribution in [2.24, 2.45) is 23.2 Å². The highest BCUT2D eigenvalue weighted by molar-refractivity contribution is 14.1. The molecule has 35 heavy (non-hydrogen) atoms. The minimum absolute atomic E-state index is 0.0494. The fraction of sp³-hybridized carbons (Fsp3) is 0.345. The fourth-order valence-electron chi connectivity index (χ4n) is 6.48. The summed E-state index contributed by atoms with van der Waals surface area (Å²) in [6.45, 7) is 0. The van der Waals surface area contributed by atoms with Gasteiger partial charge in [0.05, 0.1) is 10.9 Å². The molecule has 4 aliphatic rings. The summed E-state index contributed by atoms with van der Waals surface area (Å²) in [4.78, 5) is 15.2. The topological polar surface area (TPSA) is 40.1 Å². The maximum atomic E-state index is 11.1. The molecule has 4 fully saturated rings. The standard InChI is InChI=1S/C18H12I3S.C11H16O2/c19-13-1-7-16(8-2-13)22(17-9-3-14(20)4-10-17)18-11-5-15(21)6-12-18;12-10(13)11-4-7-1-8(5-11)3-9(2-7)6-11/h1-12H;7-9H,1-6H2,(H,12,13)/q+1;/p-1. The van der Waals surface area contributed by atoms with Crippen molar-refractivity contribution in [2.45, 2.75) is 53.2 Å². The number of rotatable bonds is 4. The largest absolute Gasteiger partial charge is 0.550 e. The van der Waals surface area contributed by atoms with E-state index >= 15 is 0 Å². The molecule has 4 saturated carbocycles. The third-order valence-electron chi connectivity index (χ3n) is 7.62. The van der Waals surface area contributed by atoms with Crippen LogP contribution in [0.5, 0.6) is 0 Å². The molecule has 0 unspecified atom stereocenters.